The van der Waals surface area contributed by atoms with Gasteiger partial charge < -0.3 is 9.42 Å². The third-order valence-electron chi connectivity index (χ3n) is 5.23. The Balaban J connectivity index is 1.98. The number of nitrogens with zero attached hydrogens (tertiary/aromatic N) is 3. The number of likely N-dealkylation sites (N-methyl/N-ethyl adjacent to an activating group) is 1. The van der Waals surface area contributed by atoms with Crippen LogP contribution in [0.5, 0.6) is 0 Å². The summed E-state index contributed by atoms with van der Waals surface area (Å²) in [6, 6.07) is 5.82. The molecule has 160 valence electrons. The molecule has 0 radical (unpaired) electrons. The fourth-order valence-electron chi connectivity index (χ4n) is 3.62. The van der Waals surface area contributed by atoms with Crippen molar-refractivity contribution in [2.24, 2.45) is 0 Å². The number of imide groups is 1. The van der Waals surface area contributed by atoms with E-state index in [9.17, 15) is 27.6 Å². The molecule has 1 aliphatic rings. The van der Waals surface area contributed by atoms with Crippen molar-refractivity contribution in [2.45, 2.75) is 37.9 Å². The number of carbonyl (C=O) groups excluding carboxylic acids is 3. The van der Waals surface area contributed by atoms with E-state index < -0.39 is 41.3 Å². The Labute approximate surface area is 170 Å². The summed E-state index contributed by atoms with van der Waals surface area (Å²) in [4.78, 5) is 40.7. The molecule has 0 aliphatic carbocycles. The number of aromatic nitrogens is 1. The van der Waals surface area contributed by atoms with Crippen molar-refractivity contribution in [3.8, 4) is 0 Å². The predicted molar refractivity (Wildman–Crippen MR) is 97.7 cm³/mol. The quantitative estimate of drug-likeness (QED) is 0.668. The van der Waals surface area contributed by atoms with Crippen molar-refractivity contribution >= 4 is 17.7 Å². The first-order valence-electron chi connectivity index (χ1n) is 9.24. The van der Waals surface area contributed by atoms with E-state index in [1.807, 2.05) is 0 Å². The first-order valence-corrected chi connectivity index (χ1v) is 9.24. The average molecular weight is 423 g/mol. The summed E-state index contributed by atoms with van der Waals surface area (Å²) < 4.78 is 44.7. The second kappa shape index (κ2) is 7.92. The lowest BCUT2D eigenvalue weighted by Crippen LogP contribution is -2.42. The van der Waals surface area contributed by atoms with Crippen LogP contribution in [0.15, 0.2) is 41.1 Å². The molecule has 3 amide bonds. The first-order chi connectivity index (χ1) is 14.1. The van der Waals surface area contributed by atoms with Gasteiger partial charge >= 0.3 is 6.18 Å². The molecule has 10 heteroatoms. The number of benzene rings is 1. The zero-order valence-electron chi connectivity index (χ0n) is 16.4. The largest absolute Gasteiger partial charge is 0.416 e. The number of rotatable bonds is 6. The van der Waals surface area contributed by atoms with Gasteiger partial charge in [0.05, 0.1) is 23.7 Å². The van der Waals surface area contributed by atoms with E-state index in [1.165, 1.54) is 30.3 Å². The normalized spacial score (nSPS) is 19.4. The SMILES string of the molecule is CCN1C(=O)C[C@](CC(=O)N(C)Cc2ccno2)(c2cccc(C(F)(F)F)c2)C1=O. The summed E-state index contributed by atoms with van der Waals surface area (Å²) in [7, 11) is 1.48. The van der Waals surface area contributed by atoms with E-state index in [1.54, 1.807) is 13.0 Å². The summed E-state index contributed by atoms with van der Waals surface area (Å²) in [5.74, 6) is -1.30. The molecule has 1 aliphatic heterocycles. The summed E-state index contributed by atoms with van der Waals surface area (Å²) in [5.41, 5.74) is -2.65. The highest BCUT2D eigenvalue weighted by atomic mass is 19.4. The van der Waals surface area contributed by atoms with Crippen LogP contribution in [0.2, 0.25) is 0 Å². The zero-order chi connectivity index (χ0) is 22.1. The molecule has 1 saturated heterocycles. The smallest absolute Gasteiger partial charge is 0.360 e. The molecule has 1 fully saturated rings. The van der Waals surface area contributed by atoms with E-state index in [2.05, 4.69) is 5.16 Å². The second-order valence-corrected chi connectivity index (χ2v) is 7.19. The fourth-order valence-corrected chi connectivity index (χ4v) is 3.62. The lowest BCUT2D eigenvalue weighted by Gasteiger charge is -2.29. The van der Waals surface area contributed by atoms with Crippen LogP contribution in [0.1, 0.15) is 36.7 Å². The molecule has 0 N–H and O–H groups in total. The first kappa shape index (κ1) is 21.5. The molecule has 2 aromatic rings. The maximum absolute atomic E-state index is 13.2. The summed E-state index contributed by atoms with van der Waals surface area (Å²) >= 11 is 0. The number of likely N-dealkylation sites (tertiary alicyclic amines) is 1. The van der Waals surface area contributed by atoms with Gasteiger partial charge in [0.1, 0.15) is 0 Å². The number of amides is 3. The number of hydrogen-bond donors (Lipinski definition) is 0. The molecule has 0 spiro atoms. The minimum absolute atomic E-state index is 0.00644. The highest BCUT2D eigenvalue weighted by Gasteiger charge is 2.54. The van der Waals surface area contributed by atoms with Gasteiger partial charge in [-0.2, -0.15) is 13.2 Å². The topological polar surface area (TPSA) is 83.7 Å². The van der Waals surface area contributed by atoms with E-state index >= 15 is 0 Å². The Bertz CT molecular complexity index is 958. The van der Waals surface area contributed by atoms with E-state index in [-0.39, 0.29) is 25.1 Å². The second-order valence-electron chi connectivity index (χ2n) is 7.19. The van der Waals surface area contributed by atoms with Crippen molar-refractivity contribution < 1.29 is 32.1 Å². The van der Waals surface area contributed by atoms with Gasteiger partial charge in [0.15, 0.2) is 5.76 Å². The molecule has 1 atom stereocenters. The van der Waals surface area contributed by atoms with Gasteiger partial charge in [0, 0.05) is 32.5 Å². The Hall–Kier alpha value is -3.17. The maximum atomic E-state index is 13.2. The van der Waals surface area contributed by atoms with E-state index in [4.69, 9.17) is 4.52 Å². The highest BCUT2D eigenvalue weighted by molar-refractivity contribution is 6.10. The Kier molecular flexibility index (Phi) is 5.69. The number of hydrogen-bond acceptors (Lipinski definition) is 5. The molecular formula is C20H20F3N3O4. The number of alkyl halides is 3. The fraction of sp³-hybridized carbons (Fsp3) is 0.400. The van der Waals surface area contributed by atoms with Crippen LogP contribution in [0.3, 0.4) is 0 Å². The Morgan fingerprint density at radius 3 is 2.60 bits per heavy atom. The van der Waals surface area contributed by atoms with Crippen LogP contribution in [-0.2, 0) is 32.5 Å². The monoisotopic (exact) mass is 423 g/mol. The molecule has 1 aromatic heterocycles. The molecule has 0 unspecified atom stereocenters. The van der Waals surface area contributed by atoms with Gasteiger partial charge in [0.25, 0.3) is 0 Å². The summed E-state index contributed by atoms with van der Waals surface area (Å²) in [6.45, 7) is 1.73. The van der Waals surface area contributed by atoms with Crippen molar-refractivity contribution in [1.82, 2.24) is 15.0 Å². The highest BCUT2D eigenvalue weighted by Crippen LogP contribution is 2.42. The minimum atomic E-state index is -4.62. The summed E-state index contributed by atoms with van der Waals surface area (Å²) in [6.07, 6.45) is -4.03. The van der Waals surface area contributed by atoms with E-state index in [0.29, 0.717) is 5.76 Å². The average Bonchev–Trinajstić information content (AvgIpc) is 3.28. The van der Waals surface area contributed by atoms with Gasteiger partial charge in [0.2, 0.25) is 17.7 Å². The molecule has 3 rings (SSSR count). The van der Waals surface area contributed by atoms with Gasteiger partial charge in [-0.25, -0.2) is 0 Å². The Morgan fingerprint density at radius 2 is 2.03 bits per heavy atom. The predicted octanol–water partition coefficient (Wildman–Crippen LogP) is 2.76. The lowest BCUT2D eigenvalue weighted by molar-refractivity contribution is -0.142. The van der Waals surface area contributed by atoms with E-state index in [0.717, 1.165) is 17.0 Å². The molecule has 0 saturated carbocycles. The van der Waals surface area contributed by atoms with Gasteiger partial charge in [-0.3, -0.25) is 19.3 Å². The lowest BCUT2D eigenvalue weighted by atomic mass is 9.75. The van der Waals surface area contributed by atoms with Crippen LogP contribution in [0.4, 0.5) is 13.2 Å². The van der Waals surface area contributed by atoms with Crippen LogP contribution in [0.25, 0.3) is 0 Å². The number of carbonyl (C=O) groups is 3. The molecule has 1 aromatic carbocycles. The molecular weight excluding hydrogens is 403 g/mol. The Morgan fingerprint density at radius 1 is 1.30 bits per heavy atom. The van der Waals surface area contributed by atoms with Crippen molar-refractivity contribution in [1.29, 1.82) is 0 Å². The van der Waals surface area contributed by atoms with Gasteiger partial charge in [-0.15, -0.1) is 0 Å². The van der Waals surface area contributed by atoms with Crippen molar-refractivity contribution in [3.63, 3.8) is 0 Å². The van der Waals surface area contributed by atoms with Crippen molar-refractivity contribution in [3.05, 3.63) is 53.4 Å². The zero-order valence-corrected chi connectivity index (χ0v) is 16.4. The number of halogens is 3. The van der Waals surface area contributed by atoms with Crippen LogP contribution in [-0.4, -0.2) is 46.3 Å². The molecule has 7 nitrogen and oxygen atoms in total. The van der Waals surface area contributed by atoms with Crippen molar-refractivity contribution in [2.75, 3.05) is 13.6 Å². The minimum Gasteiger partial charge on any atom is -0.360 e. The summed E-state index contributed by atoms with van der Waals surface area (Å²) in [5, 5.41) is 3.55. The standard InChI is InChI=1S/C20H20F3N3O4/c1-3-26-17(28)11-19(18(26)29,13-5-4-6-14(9-13)20(21,22)23)10-16(27)25(2)12-15-7-8-24-30-15/h4-9H,3,10-12H2,1-2H3/t19-/m1/s1. The van der Waals surface area contributed by atoms with Crippen LogP contribution >= 0.6 is 0 Å². The molecule has 30 heavy (non-hydrogen) atoms. The maximum Gasteiger partial charge on any atom is 0.416 e. The third kappa shape index (κ3) is 3.94. The molecule has 2 heterocycles. The van der Waals surface area contributed by atoms with Crippen LogP contribution < -0.4 is 0 Å². The van der Waals surface area contributed by atoms with Gasteiger partial charge in [-0.05, 0) is 18.6 Å². The van der Waals surface area contributed by atoms with Gasteiger partial charge in [-0.1, -0.05) is 23.4 Å². The van der Waals surface area contributed by atoms with Crippen LogP contribution in [0, 0.1) is 0 Å². The molecule has 0 bridgehead atoms. The third-order valence-corrected chi connectivity index (χ3v) is 5.23.